The molecule has 0 amide bonds. The van der Waals surface area contributed by atoms with E-state index < -0.39 is 39.5 Å². The zero-order valence-corrected chi connectivity index (χ0v) is 15.3. The number of fused-ring (bicyclic) bond motifs is 2. The Bertz CT molecular complexity index is 648. The first-order chi connectivity index (χ1) is 10.8. The molecule has 24 heavy (non-hydrogen) atoms. The summed E-state index contributed by atoms with van der Waals surface area (Å²) in [6.07, 6.45) is 1.10. The van der Waals surface area contributed by atoms with Crippen molar-refractivity contribution in [2.75, 3.05) is 7.11 Å². The molecule has 0 aromatic carbocycles. The van der Waals surface area contributed by atoms with Gasteiger partial charge in [0.2, 0.25) is 0 Å². The average Bonchev–Trinajstić information content (AvgIpc) is 2.77. The Balaban J connectivity index is 2.20. The van der Waals surface area contributed by atoms with Gasteiger partial charge >= 0.3 is 5.97 Å². The Morgan fingerprint density at radius 2 is 1.79 bits per heavy atom. The van der Waals surface area contributed by atoms with Crippen LogP contribution in [0.2, 0.25) is 0 Å². The van der Waals surface area contributed by atoms with Gasteiger partial charge in [-0.25, -0.2) is 0 Å². The Kier molecular flexibility index (Phi) is 3.27. The van der Waals surface area contributed by atoms with Gasteiger partial charge in [0.15, 0.2) is 17.0 Å². The van der Waals surface area contributed by atoms with Gasteiger partial charge in [0.25, 0.3) is 0 Å². The lowest BCUT2D eigenvalue weighted by atomic mass is 9.61. The van der Waals surface area contributed by atoms with Gasteiger partial charge in [-0.3, -0.25) is 14.4 Å². The molecule has 0 aliphatic heterocycles. The van der Waals surface area contributed by atoms with Gasteiger partial charge in [-0.05, 0) is 40.0 Å². The van der Waals surface area contributed by atoms with E-state index in [1.807, 2.05) is 34.6 Å². The van der Waals surface area contributed by atoms with Gasteiger partial charge in [-0.2, -0.15) is 0 Å². The topological polar surface area (TPSA) is 95.7 Å². The highest BCUT2D eigenvalue weighted by Crippen LogP contribution is 2.74. The number of hydrogen-bond donors (Lipinski definition) is 1. The van der Waals surface area contributed by atoms with Crippen molar-refractivity contribution in [3.63, 3.8) is 0 Å². The molecule has 2 N–H and O–H groups in total. The molecule has 0 aromatic rings. The maximum absolute atomic E-state index is 13.5. The highest BCUT2D eigenvalue weighted by Gasteiger charge is 2.90. The van der Waals surface area contributed by atoms with Crippen molar-refractivity contribution in [3.05, 3.63) is 0 Å². The summed E-state index contributed by atoms with van der Waals surface area (Å²) >= 11 is 0. The number of methoxy groups -OCH3 is 1. The summed E-state index contributed by atoms with van der Waals surface area (Å²) in [5.41, 5.74) is 0.836. The van der Waals surface area contributed by atoms with E-state index in [1.165, 1.54) is 7.11 Å². The van der Waals surface area contributed by atoms with Gasteiger partial charge in [0.05, 0.1) is 18.6 Å². The molecule has 0 aromatic heterocycles. The summed E-state index contributed by atoms with van der Waals surface area (Å²) in [6, 6.07) is 0. The maximum atomic E-state index is 13.5. The highest BCUT2D eigenvalue weighted by atomic mass is 16.5. The zero-order chi connectivity index (χ0) is 18.3. The third-order valence-corrected chi connectivity index (χ3v) is 6.31. The number of esters is 1. The second-order valence-corrected chi connectivity index (χ2v) is 9.02. The van der Waals surface area contributed by atoms with Crippen molar-refractivity contribution in [1.82, 2.24) is 0 Å². The summed E-state index contributed by atoms with van der Waals surface area (Å²) in [4.78, 5) is 39.5. The second-order valence-electron chi connectivity index (χ2n) is 9.02. The number of rotatable bonds is 2. The number of carbonyl (C=O) groups is 3. The molecule has 0 bridgehead atoms. The third kappa shape index (κ3) is 1.61. The van der Waals surface area contributed by atoms with Crippen molar-refractivity contribution in [2.45, 2.75) is 70.6 Å². The Hall–Kier alpha value is -1.27. The third-order valence-electron chi connectivity index (χ3n) is 6.31. The van der Waals surface area contributed by atoms with Gasteiger partial charge in [-0.15, -0.1) is 0 Å². The minimum Gasteiger partial charge on any atom is -0.468 e. The van der Waals surface area contributed by atoms with Crippen molar-refractivity contribution in [3.8, 4) is 0 Å². The SMILES string of the molecule is COC(=O)[C@]12CCCC1(N)C(=O)C1(OC(C)(C)C)C(C2=O)C1(C)C. The Morgan fingerprint density at radius 1 is 1.21 bits per heavy atom. The summed E-state index contributed by atoms with van der Waals surface area (Å²) in [6.45, 7) is 9.24. The standard InChI is InChI=1S/C18H27NO5/c1-14(2,3)24-18-10(15(18,4)5)11(20)16(13(22)23-6)8-7-9-17(16,19)12(18)21/h10H,7-9,19H2,1-6H3/t10?,16-,17?,18?/m1/s1. The molecular formula is C18H27NO5. The number of ether oxygens (including phenoxy) is 2. The average molecular weight is 337 g/mol. The minimum atomic E-state index is -1.57. The first kappa shape index (κ1) is 17.5. The maximum Gasteiger partial charge on any atom is 0.321 e. The zero-order valence-electron chi connectivity index (χ0n) is 15.3. The van der Waals surface area contributed by atoms with E-state index in [0.717, 1.165) is 0 Å². The van der Waals surface area contributed by atoms with Crippen molar-refractivity contribution in [2.24, 2.45) is 22.5 Å². The number of ketones is 2. The van der Waals surface area contributed by atoms with Crippen LogP contribution in [0.5, 0.6) is 0 Å². The van der Waals surface area contributed by atoms with E-state index in [4.69, 9.17) is 15.2 Å². The van der Waals surface area contributed by atoms with Crippen molar-refractivity contribution in [1.29, 1.82) is 0 Å². The monoisotopic (exact) mass is 337 g/mol. The first-order valence-electron chi connectivity index (χ1n) is 8.49. The molecule has 0 radical (unpaired) electrons. The van der Waals surface area contributed by atoms with Gasteiger partial charge in [-0.1, -0.05) is 13.8 Å². The quantitative estimate of drug-likeness (QED) is 0.604. The smallest absolute Gasteiger partial charge is 0.321 e. The van der Waals surface area contributed by atoms with Crippen LogP contribution in [-0.2, 0) is 23.9 Å². The lowest BCUT2D eigenvalue weighted by molar-refractivity contribution is -0.180. The molecule has 3 saturated carbocycles. The minimum absolute atomic E-state index is 0.263. The number of carbonyl (C=O) groups excluding carboxylic acids is 3. The summed E-state index contributed by atoms with van der Waals surface area (Å²) < 4.78 is 11.1. The van der Waals surface area contributed by atoms with E-state index in [0.29, 0.717) is 12.8 Å². The fourth-order valence-corrected chi connectivity index (χ4v) is 5.24. The van der Waals surface area contributed by atoms with Crippen LogP contribution >= 0.6 is 0 Å². The fourth-order valence-electron chi connectivity index (χ4n) is 5.24. The second kappa shape index (κ2) is 4.47. The molecule has 0 spiro atoms. The van der Waals surface area contributed by atoms with Crippen LogP contribution in [0.4, 0.5) is 0 Å². The molecule has 4 atom stereocenters. The number of Topliss-reactive ketones (excluding diaryl/α,β-unsaturated/α-hetero) is 2. The van der Waals surface area contributed by atoms with Crippen LogP contribution in [0.15, 0.2) is 0 Å². The lowest BCUT2D eigenvalue weighted by Crippen LogP contribution is -2.72. The fraction of sp³-hybridized carbons (Fsp3) is 0.833. The van der Waals surface area contributed by atoms with Crippen LogP contribution in [0.1, 0.15) is 53.9 Å². The molecule has 3 rings (SSSR count). The number of hydrogen-bond acceptors (Lipinski definition) is 6. The van der Waals surface area contributed by atoms with Crippen molar-refractivity contribution >= 4 is 17.5 Å². The molecule has 134 valence electrons. The number of nitrogens with two attached hydrogens (primary N) is 1. The predicted molar refractivity (Wildman–Crippen MR) is 86.1 cm³/mol. The van der Waals surface area contributed by atoms with Crippen LogP contribution in [0, 0.1) is 16.7 Å². The van der Waals surface area contributed by atoms with Gasteiger partial charge in [0.1, 0.15) is 11.1 Å². The molecule has 3 fully saturated rings. The summed E-state index contributed by atoms with van der Waals surface area (Å²) in [7, 11) is 1.24. The normalized spacial score (nSPS) is 43.2. The Morgan fingerprint density at radius 3 is 2.29 bits per heavy atom. The van der Waals surface area contributed by atoms with E-state index in [-0.39, 0.29) is 18.0 Å². The largest absolute Gasteiger partial charge is 0.468 e. The lowest BCUT2D eigenvalue weighted by Gasteiger charge is -2.45. The molecule has 6 nitrogen and oxygen atoms in total. The van der Waals surface area contributed by atoms with Crippen LogP contribution in [0.3, 0.4) is 0 Å². The summed E-state index contributed by atoms with van der Waals surface area (Å²) in [5, 5.41) is 0. The predicted octanol–water partition coefficient (Wildman–Crippen LogP) is 1.39. The molecule has 0 saturated heterocycles. The van der Waals surface area contributed by atoms with Gasteiger partial charge < -0.3 is 15.2 Å². The van der Waals surface area contributed by atoms with E-state index in [1.54, 1.807) is 0 Å². The Labute approximate surface area is 142 Å². The van der Waals surface area contributed by atoms with Gasteiger partial charge in [0, 0.05) is 5.41 Å². The van der Waals surface area contributed by atoms with E-state index in [9.17, 15) is 14.4 Å². The molecular weight excluding hydrogens is 310 g/mol. The highest BCUT2D eigenvalue weighted by molar-refractivity contribution is 6.23. The molecule has 3 unspecified atom stereocenters. The molecule has 3 aliphatic rings. The van der Waals surface area contributed by atoms with E-state index in [2.05, 4.69) is 0 Å². The summed E-state index contributed by atoms with van der Waals surface area (Å²) in [5.74, 6) is -1.95. The molecule has 0 heterocycles. The van der Waals surface area contributed by atoms with E-state index >= 15 is 0 Å². The van der Waals surface area contributed by atoms with Crippen LogP contribution in [-0.4, -0.2) is 41.4 Å². The molecule has 3 aliphatic carbocycles. The van der Waals surface area contributed by atoms with Crippen molar-refractivity contribution < 1.29 is 23.9 Å². The molecule has 6 heteroatoms. The first-order valence-corrected chi connectivity index (χ1v) is 8.49. The van der Waals surface area contributed by atoms with Crippen LogP contribution < -0.4 is 5.73 Å². The van der Waals surface area contributed by atoms with Crippen LogP contribution in [0.25, 0.3) is 0 Å².